The molecule has 0 heterocycles. The molecule has 0 saturated carbocycles. The van der Waals surface area contributed by atoms with Crippen molar-refractivity contribution in [2.24, 2.45) is 11.1 Å². The van der Waals surface area contributed by atoms with Gasteiger partial charge in [0.1, 0.15) is 0 Å². The first-order chi connectivity index (χ1) is 5.33. The molecule has 1 heteroatoms. The van der Waals surface area contributed by atoms with Gasteiger partial charge in [0.15, 0.2) is 0 Å². The maximum absolute atomic E-state index is 5.79. The van der Waals surface area contributed by atoms with Crippen molar-refractivity contribution in [2.45, 2.75) is 39.0 Å². The smallest absolute Gasteiger partial charge is 0.00175 e. The zero-order valence-corrected chi connectivity index (χ0v) is 7.47. The molecule has 1 nitrogen and oxygen atoms in total. The van der Waals surface area contributed by atoms with Gasteiger partial charge in [0, 0.05) is 0 Å². The molecule has 1 unspecified atom stereocenters. The van der Waals surface area contributed by atoms with Gasteiger partial charge in [-0.3, -0.25) is 0 Å². The minimum Gasteiger partial charge on any atom is -0.330 e. The van der Waals surface area contributed by atoms with Crippen molar-refractivity contribution >= 4 is 0 Å². The van der Waals surface area contributed by atoms with Crippen molar-refractivity contribution in [1.82, 2.24) is 0 Å². The highest BCUT2D eigenvalue weighted by Crippen LogP contribution is 2.35. The molecule has 11 heavy (non-hydrogen) atoms. The minimum absolute atomic E-state index is 0.462. The molecule has 1 aliphatic carbocycles. The number of nitrogens with two attached hydrogens (primary N) is 1. The fourth-order valence-electron chi connectivity index (χ4n) is 1.99. The topological polar surface area (TPSA) is 26.0 Å². The summed E-state index contributed by atoms with van der Waals surface area (Å²) >= 11 is 0. The molecule has 64 valence electrons. The Morgan fingerprint density at radius 2 is 2.27 bits per heavy atom. The molecule has 1 rings (SSSR count). The van der Waals surface area contributed by atoms with Crippen molar-refractivity contribution in [2.75, 3.05) is 6.54 Å². The Labute approximate surface area is 69.7 Å². The molecule has 0 aromatic carbocycles. The second-order valence-electron chi connectivity index (χ2n) is 3.67. The van der Waals surface area contributed by atoms with Gasteiger partial charge in [0.05, 0.1) is 0 Å². The summed E-state index contributed by atoms with van der Waals surface area (Å²) in [5.74, 6) is 0. The third-order valence-corrected chi connectivity index (χ3v) is 2.77. The normalized spacial score (nSPS) is 30.7. The lowest BCUT2D eigenvalue weighted by atomic mass is 9.74. The lowest BCUT2D eigenvalue weighted by Crippen LogP contribution is -2.31. The predicted molar refractivity (Wildman–Crippen MR) is 49.4 cm³/mol. The molecule has 0 aliphatic heterocycles. The van der Waals surface area contributed by atoms with Gasteiger partial charge in [0.2, 0.25) is 0 Å². The second-order valence-corrected chi connectivity index (χ2v) is 3.67. The highest BCUT2D eigenvalue weighted by molar-refractivity contribution is 4.98. The first-order valence-corrected chi connectivity index (χ1v) is 4.68. The zero-order chi connectivity index (χ0) is 8.16. The van der Waals surface area contributed by atoms with E-state index >= 15 is 0 Å². The summed E-state index contributed by atoms with van der Waals surface area (Å²) in [7, 11) is 0. The van der Waals surface area contributed by atoms with Crippen LogP contribution in [0.15, 0.2) is 12.2 Å². The second kappa shape index (κ2) is 3.91. The van der Waals surface area contributed by atoms with Gasteiger partial charge in [-0.05, 0) is 37.6 Å². The van der Waals surface area contributed by atoms with Crippen molar-refractivity contribution < 1.29 is 0 Å². The van der Waals surface area contributed by atoms with Crippen LogP contribution in [0.2, 0.25) is 0 Å². The minimum atomic E-state index is 0.462. The fraction of sp³-hybridized carbons (Fsp3) is 0.800. The molecule has 0 fully saturated rings. The van der Waals surface area contributed by atoms with E-state index < -0.39 is 0 Å². The Balaban J connectivity index is 2.51. The van der Waals surface area contributed by atoms with E-state index in [1.54, 1.807) is 0 Å². The van der Waals surface area contributed by atoms with Crippen LogP contribution in [0.4, 0.5) is 0 Å². The van der Waals surface area contributed by atoms with E-state index in [-0.39, 0.29) is 0 Å². The van der Waals surface area contributed by atoms with E-state index in [0.29, 0.717) is 5.41 Å². The quantitative estimate of drug-likeness (QED) is 0.619. The third kappa shape index (κ3) is 2.06. The summed E-state index contributed by atoms with van der Waals surface area (Å²) in [6, 6.07) is 0. The van der Waals surface area contributed by atoms with Crippen LogP contribution in [0.1, 0.15) is 39.0 Å². The van der Waals surface area contributed by atoms with Crippen LogP contribution in [0.25, 0.3) is 0 Å². The number of allylic oxidation sites excluding steroid dienone is 2. The van der Waals surface area contributed by atoms with Crippen LogP contribution in [0.5, 0.6) is 0 Å². The van der Waals surface area contributed by atoms with E-state index in [9.17, 15) is 0 Å². The molecule has 0 bridgehead atoms. The predicted octanol–water partition coefficient (Wildman–Crippen LogP) is 2.47. The summed E-state index contributed by atoms with van der Waals surface area (Å²) in [4.78, 5) is 0. The van der Waals surface area contributed by atoms with Crippen LogP contribution < -0.4 is 5.73 Å². The summed E-state index contributed by atoms with van der Waals surface area (Å²) in [5, 5.41) is 0. The van der Waals surface area contributed by atoms with E-state index in [0.717, 1.165) is 6.54 Å². The molecular weight excluding hydrogens is 134 g/mol. The summed E-state index contributed by atoms with van der Waals surface area (Å²) < 4.78 is 0. The Morgan fingerprint density at radius 3 is 2.73 bits per heavy atom. The Kier molecular flexibility index (Phi) is 3.13. The number of rotatable bonds is 3. The van der Waals surface area contributed by atoms with Gasteiger partial charge in [-0.2, -0.15) is 0 Å². The Bertz CT molecular complexity index is 140. The highest BCUT2D eigenvalue weighted by atomic mass is 14.6. The first-order valence-electron chi connectivity index (χ1n) is 4.68. The van der Waals surface area contributed by atoms with Crippen molar-refractivity contribution in [3.63, 3.8) is 0 Å². The maximum Gasteiger partial charge on any atom is -0.00175 e. The third-order valence-electron chi connectivity index (χ3n) is 2.77. The van der Waals surface area contributed by atoms with E-state index in [1.165, 1.54) is 32.1 Å². The van der Waals surface area contributed by atoms with E-state index in [1.807, 2.05) is 0 Å². The highest BCUT2D eigenvalue weighted by Gasteiger charge is 2.26. The van der Waals surface area contributed by atoms with Crippen LogP contribution in [0.3, 0.4) is 0 Å². The molecular formula is C10H19N. The van der Waals surface area contributed by atoms with Gasteiger partial charge in [-0.1, -0.05) is 25.5 Å². The monoisotopic (exact) mass is 153 g/mol. The molecule has 1 aliphatic rings. The number of hydrogen-bond donors (Lipinski definition) is 1. The van der Waals surface area contributed by atoms with Gasteiger partial charge < -0.3 is 5.73 Å². The van der Waals surface area contributed by atoms with Gasteiger partial charge in [-0.25, -0.2) is 0 Å². The molecule has 1 atom stereocenters. The average Bonchev–Trinajstić information content (AvgIpc) is 2.07. The van der Waals surface area contributed by atoms with Gasteiger partial charge in [-0.15, -0.1) is 0 Å². The summed E-state index contributed by atoms with van der Waals surface area (Å²) in [6.45, 7) is 3.11. The zero-order valence-electron chi connectivity index (χ0n) is 7.47. The summed E-state index contributed by atoms with van der Waals surface area (Å²) in [5.41, 5.74) is 6.25. The Hall–Kier alpha value is -0.300. The van der Waals surface area contributed by atoms with Crippen LogP contribution in [-0.4, -0.2) is 6.54 Å². The molecule has 0 aromatic heterocycles. The lowest BCUT2D eigenvalue weighted by molar-refractivity contribution is 0.243. The van der Waals surface area contributed by atoms with E-state index in [4.69, 9.17) is 5.73 Å². The fourth-order valence-corrected chi connectivity index (χ4v) is 1.99. The molecule has 0 radical (unpaired) electrons. The standard InChI is InChI=1S/C10H19N/c1-2-6-10(9-11)7-4-3-5-8-10/h3-4H,2,5-9,11H2,1H3. The van der Waals surface area contributed by atoms with Crippen LogP contribution in [0, 0.1) is 5.41 Å². The van der Waals surface area contributed by atoms with Crippen molar-refractivity contribution in [1.29, 1.82) is 0 Å². The molecule has 2 N–H and O–H groups in total. The van der Waals surface area contributed by atoms with Gasteiger partial charge >= 0.3 is 0 Å². The molecule has 0 aromatic rings. The molecule has 0 amide bonds. The molecule has 0 spiro atoms. The van der Waals surface area contributed by atoms with Crippen LogP contribution in [-0.2, 0) is 0 Å². The lowest BCUT2D eigenvalue weighted by Gasteiger charge is -2.33. The number of hydrogen-bond acceptors (Lipinski definition) is 1. The largest absolute Gasteiger partial charge is 0.330 e. The molecule has 0 saturated heterocycles. The van der Waals surface area contributed by atoms with Crippen molar-refractivity contribution in [3.05, 3.63) is 12.2 Å². The van der Waals surface area contributed by atoms with Gasteiger partial charge in [0.25, 0.3) is 0 Å². The average molecular weight is 153 g/mol. The van der Waals surface area contributed by atoms with Crippen LogP contribution >= 0.6 is 0 Å². The SMILES string of the molecule is CCCC1(CN)CC=CCC1. The van der Waals surface area contributed by atoms with Crippen molar-refractivity contribution in [3.8, 4) is 0 Å². The van der Waals surface area contributed by atoms with E-state index in [2.05, 4.69) is 19.1 Å². The Morgan fingerprint density at radius 1 is 1.45 bits per heavy atom. The first kappa shape index (κ1) is 8.79. The summed E-state index contributed by atoms with van der Waals surface area (Å²) in [6.07, 6.45) is 10.9. The maximum atomic E-state index is 5.79.